The summed E-state index contributed by atoms with van der Waals surface area (Å²) in [7, 11) is 0. The van der Waals surface area contributed by atoms with Gasteiger partial charge in [0.2, 0.25) is 6.79 Å². The van der Waals surface area contributed by atoms with E-state index in [1.165, 1.54) is 10.3 Å². The number of ether oxygens (including phenoxy) is 2. The molecule has 37 heavy (non-hydrogen) atoms. The lowest BCUT2D eigenvalue weighted by molar-refractivity contribution is 0.0953. The van der Waals surface area contributed by atoms with Crippen LogP contribution >= 0.6 is 12.2 Å². The minimum atomic E-state index is -0.213. The summed E-state index contributed by atoms with van der Waals surface area (Å²) >= 11 is 5.45. The number of hydrogen-bond acceptors (Lipinski definition) is 6. The minimum absolute atomic E-state index is 0.120. The molecule has 190 valence electrons. The zero-order chi connectivity index (χ0) is 25.8. The van der Waals surface area contributed by atoms with Crippen molar-refractivity contribution in [2.45, 2.75) is 19.9 Å². The first-order chi connectivity index (χ1) is 18.0. The molecule has 1 aliphatic heterocycles. The maximum atomic E-state index is 13.1. The zero-order valence-corrected chi connectivity index (χ0v) is 21.3. The van der Waals surface area contributed by atoms with E-state index in [1.54, 1.807) is 24.3 Å². The van der Waals surface area contributed by atoms with Gasteiger partial charge < -0.3 is 24.7 Å². The predicted octanol–water partition coefficient (Wildman–Crippen LogP) is 4.48. The summed E-state index contributed by atoms with van der Waals surface area (Å²) in [4.78, 5) is 31.2. The third-order valence-corrected chi connectivity index (χ3v) is 6.75. The molecule has 0 atom stereocenters. The normalized spacial score (nSPS) is 12.0. The molecule has 4 aromatic rings. The molecule has 1 amide bonds. The molecule has 1 aromatic heterocycles. The van der Waals surface area contributed by atoms with E-state index in [2.05, 4.69) is 34.3 Å². The third kappa shape index (κ3) is 5.36. The van der Waals surface area contributed by atoms with E-state index in [-0.39, 0.29) is 24.8 Å². The lowest BCUT2D eigenvalue weighted by Gasteiger charge is -2.23. The van der Waals surface area contributed by atoms with Crippen molar-refractivity contribution >= 4 is 34.7 Å². The molecule has 0 saturated carbocycles. The number of amides is 1. The molecule has 2 heterocycles. The molecular formula is C28H28N4O4S. The van der Waals surface area contributed by atoms with Crippen molar-refractivity contribution in [1.29, 1.82) is 0 Å². The van der Waals surface area contributed by atoms with E-state index in [9.17, 15) is 9.59 Å². The number of fused-ring (bicyclic) bond motifs is 2. The maximum absolute atomic E-state index is 13.1. The van der Waals surface area contributed by atoms with Crippen LogP contribution in [0.5, 0.6) is 11.5 Å². The number of carbonyl (C=O) groups is 1. The summed E-state index contributed by atoms with van der Waals surface area (Å²) < 4.78 is 12.6. The van der Waals surface area contributed by atoms with Crippen LogP contribution in [0, 0.1) is 4.77 Å². The number of anilines is 1. The van der Waals surface area contributed by atoms with Crippen LogP contribution < -0.4 is 25.2 Å². The molecule has 9 heteroatoms. The van der Waals surface area contributed by atoms with Crippen molar-refractivity contribution in [3.8, 4) is 11.5 Å². The van der Waals surface area contributed by atoms with Gasteiger partial charge in [-0.2, -0.15) is 0 Å². The molecule has 0 saturated heterocycles. The first-order valence-electron chi connectivity index (χ1n) is 12.3. The molecule has 0 aliphatic carbocycles. The van der Waals surface area contributed by atoms with Crippen LogP contribution in [0.2, 0.25) is 0 Å². The Morgan fingerprint density at radius 2 is 1.81 bits per heavy atom. The van der Waals surface area contributed by atoms with E-state index < -0.39 is 0 Å². The van der Waals surface area contributed by atoms with E-state index in [4.69, 9.17) is 21.7 Å². The lowest BCUT2D eigenvalue weighted by Crippen LogP contribution is -2.30. The Hall–Kier alpha value is -4.11. The smallest absolute Gasteiger partial charge is 0.262 e. The molecular weight excluding hydrogens is 488 g/mol. The van der Waals surface area contributed by atoms with Gasteiger partial charge in [-0.25, -0.2) is 0 Å². The largest absolute Gasteiger partial charge is 0.454 e. The number of carbonyl (C=O) groups excluding carboxylic acids is 1. The van der Waals surface area contributed by atoms with Gasteiger partial charge in [-0.1, -0.05) is 30.3 Å². The van der Waals surface area contributed by atoms with Crippen LogP contribution in [0.1, 0.15) is 29.3 Å². The Kier molecular flexibility index (Phi) is 7.23. The van der Waals surface area contributed by atoms with Crippen LogP contribution in [-0.4, -0.2) is 41.9 Å². The van der Waals surface area contributed by atoms with E-state index in [1.807, 2.05) is 30.3 Å². The quantitative estimate of drug-likeness (QED) is 0.252. The summed E-state index contributed by atoms with van der Waals surface area (Å²) in [5.74, 6) is 1.01. The highest BCUT2D eigenvalue weighted by Crippen LogP contribution is 2.34. The fourth-order valence-electron chi connectivity index (χ4n) is 4.41. The summed E-state index contributed by atoms with van der Waals surface area (Å²) in [5.41, 5.74) is 3.01. The molecule has 1 aliphatic rings. The summed E-state index contributed by atoms with van der Waals surface area (Å²) in [6, 6.07) is 20.9. The van der Waals surface area contributed by atoms with Crippen LogP contribution in [0.25, 0.3) is 10.9 Å². The van der Waals surface area contributed by atoms with Crippen LogP contribution in [0.15, 0.2) is 71.5 Å². The second-order valence-electron chi connectivity index (χ2n) is 8.79. The molecule has 0 radical (unpaired) electrons. The molecule has 0 unspecified atom stereocenters. The van der Waals surface area contributed by atoms with Crippen molar-refractivity contribution < 1.29 is 14.3 Å². The highest BCUT2D eigenvalue weighted by Gasteiger charge is 2.17. The molecule has 3 aromatic carbocycles. The predicted molar refractivity (Wildman–Crippen MR) is 146 cm³/mol. The number of benzene rings is 3. The Morgan fingerprint density at radius 3 is 2.54 bits per heavy atom. The van der Waals surface area contributed by atoms with Gasteiger partial charge in [0.15, 0.2) is 16.3 Å². The number of nitrogens with one attached hydrogen (secondary N) is 2. The molecule has 5 rings (SSSR count). The number of H-pyrrole nitrogens is 1. The van der Waals surface area contributed by atoms with Crippen molar-refractivity contribution in [3.63, 3.8) is 0 Å². The highest BCUT2D eigenvalue weighted by atomic mass is 32.1. The number of aromatic amines is 1. The highest BCUT2D eigenvalue weighted by molar-refractivity contribution is 7.71. The Balaban J connectivity index is 1.20. The van der Waals surface area contributed by atoms with E-state index in [0.717, 1.165) is 25.1 Å². The monoisotopic (exact) mass is 516 g/mol. The first-order valence-corrected chi connectivity index (χ1v) is 12.7. The maximum Gasteiger partial charge on any atom is 0.262 e. The number of nitrogens with zero attached hydrogens (tertiary/aromatic N) is 2. The molecule has 8 nitrogen and oxygen atoms in total. The Morgan fingerprint density at radius 1 is 1.08 bits per heavy atom. The average molecular weight is 517 g/mol. The number of rotatable bonds is 9. The van der Waals surface area contributed by atoms with Gasteiger partial charge in [-0.3, -0.25) is 14.2 Å². The van der Waals surface area contributed by atoms with Crippen LogP contribution in [0.3, 0.4) is 0 Å². The zero-order valence-electron chi connectivity index (χ0n) is 20.5. The van der Waals surface area contributed by atoms with Crippen molar-refractivity contribution in [2.75, 3.05) is 31.3 Å². The molecule has 2 N–H and O–H groups in total. The van der Waals surface area contributed by atoms with Crippen LogP contribution in [0.4, 0.5) is 5.69 Å². The van der Waals surface area contributed by atoms with Crippen molar-refractivity contribution in [1.82, 2.24) is 14.9 Å². The summed E-state index contributed by atoms with van der Waals surface area (Å²) in [6.45, 7) is 4.90. The summed E-state index contributed by atoms with van der Waals surface area (Å²) in [5, 5.41) is 3.47. The second-order valence-corrected chi connectivity index (χ2v) is 9.18. The topological polar surface area (TPSA) is 88.6 Å². The van der Waals surface area contributed by atoms with Crippen molar-refractivity contribution in [3.05, 3.63) is 93.0 Å². The molecule has 0 spiro atoms. The fraction of sp³-hybridized carbons (Fsp3) is 0.250. The van der Waals surface area contributed by atoms with Gasteiger partial charge in [0.1, 0.15) is 0 Å². The minimum Gasteiger partial charge on any atom is -0.454 e. The SMILES string of the molecule is CCN(CCCNC(=O)c1ccc(Cn2c(=S)[nH]c3cc4c(cc3c2=O)OCO4)cc1)c1ccccc1. The Bertz CT molecular complexity index is 1530. The van der Waals surface area contributed by atoms with Gasteiger partial charge in [0, 0.05) is 37.0 Å². The number of para-hydroxylation sites is 1. The number of aromatic nitrogens is 2. The van der Waals surface area contributed by atoms with Gasteiger partial charge >= 0.3 is 0 Å². The Labute approximate surface area is 219 Å². The van der Waals surface area contributed by atoms with Gasteiger partial charge in [-0.05, 0) is 61.5 Å². The lowest BCUT2D eigenvalue weighted by atomic mass is 10.1. The van der Waals surface area contributed by atoms with E-state index in [0.29, 0.717) is 39.3 Å². The second kappa shape index (κ2) is 10.9. The van der Waals surface area contributed by atoms with Gasteiger partial charge in [0.05, 0.1) is 17.4 Å². The third-order valence-electron chi connectivity index (χ3n) is 6.43. The van der Waals surface area contributed by atoms with Crippen molar-refractivity contribution in [2.24, 2.45) is 0 Å². The first kappa shape index (κ1) is 24.6. The van der Waals surface area contributed by atoms with Crippen LogP contribution in [-0.2, 0) is 6.54 Å². The molecule has 0 fully saturated rings. The van der Waals surface area contributed by atoms with Gasteiger partial charge in [-0.15, -0.1) is 0 Å². The molecule has 0 bridgehead atoms. The number of hydrogen-bond donors (Lipinski definition) is 2. The standard InChI is InChI=1S/C28H28N4O4S/c1-2-31(21-7-4-3-5-8-21)14-6-13-29-26(33)20-11-9-19(10-12-20)17-32-27(34)22-15-24-25(36-18-35-24)16-23(22)30-28(32)37/h3-5,7-12,15-16H,2,6,13-14,17-18H2,1H3,(H,29,33)(H,30,37). The summed E-state index contributed by atoms with van der Waals surface area (Å²) in [6.07, 6.45) is 0.843. The van der Waals surface area contributed by atoms with Gasteiger partial charge in [0.25, 0.3) is 11.5 Å². The fourth-order valence-corrected chi connectivity index (χ4v) is 4.67. The average Bonchev–Trinajstić information content (AvgIpc) is 3.38. The van der Waals surface area contributed by atoms with E-state index >= 15 is 0 Å².